The van der Waals surface area contributed by atoms with E-state index < -0.39 is 0 Å². The van der Waals surface area contributed by atoms with Crippen LogP contribution in [0.4, 0.5) is 0 Å². The fourth-order valence-corrected chi connectivity index (χ4v) is 3.10. The van der Waals surface area contributed by atoms with Crippen molar-refractivity contribution in [1.82, 2.24) is 9.55 Å². The molecule has 0 aliphatic rings. The largest absolute Gasteiger partial charge is 0.328 e. The van der Waals surface area contributed by atoms with E-state index in [1.54, 1.807) is 10.8 Å². The topological polar surface area (TPSA) is 54.9 Å². The van der Waals surface area contributed by atoms with Gasteiger partial charge in [0.1, 0.15) is 0 Å². The molecule has 0 spiro atoms. The molecule has 0 unspecified atom stereocenters. The average molecular weight is 337 g/mol. The van der Waals surface area contributed by atoms with Crippen molar-refractivity contribution in [2.45, 2.75) is 103 Å². The molecule has 1 aromatic rings. The highest BCUT2D eigenvalue weighted by Gasteiger charge is 1.97. The lowest BCUT2D eigenvalue weighted by atomic mass is 10.0. The van der Waals surface area contributed by atoms with Gasteiger partial charge in [0.05, 0.1) is 0 Å². The number of aromatic nitrogens is 2. The Kier molecular flexibility index (Phi) is 12.1. The van der Waals surface area contributed by atoms with Gasteiger partial charge in [-0.15, -0.1) is 0 Å². The molecule has 1 N–H and O–H groups in total. The molecule has 0 aromatic carbocycles. The maximum absolute atomic E-state index is 11.5. The van der Waals surface area contributed by atoms with E-state index >= 15 is 0 Å². The molecular formula is C20H36N2O2. The van der Waals surface area contributed by atoms with Crippen LogP contribution >= 0.6 is 0 Å². The van der Waals surface area contributed by atoms with Crippen LogP contribution in [0.3, 0.4) is 0 Å². The molecule has 4 nitrogen and oxygen atoms in total. The number of nitrogens with one attached hydrogen (secondary N) is 1. The lowest BCUT2D eigenvalue weighted by molar-refractivity contribution is 0.518. The molecule has 0 aliphatic carbocycles. The van der Waals surface area contributed by atoms with E-state index in [9.17, 15) is 9.59 Å². The van der Waals surface area contributed by atoms with Crippen LogP contribution < -0.4 is 11.2 Å². The molecule has 0 amide bonds. The lowest BCUT2D eigenvalue weighted by Crippen LogP contribution is -2.28. The first-order valence-electron chi connectivity index (χ1n) is 10.0. The SMILES string of the molecule is CCCCCCCCCCCCCCCCn1ccc(=O)[nH]c1=O. The van der Waals surface area contributed by atoms with E-state index in [4.69, 9.17) is 0 Å². The smallest absolute Gasteiger partial charge is 0.301 e. The van der Waals surface area contributed by atoms with E-state index in [-0.39, 0.29) is 11.2 Å². The summed E-state index contributed by atoms with van der Waals surface area (Å²) < 4.78 is 1.59. The van der Waals surface area contributed by atoms with Gasteiger partial charge in [-0.05, 0) is 6.42 Å². The second kappa shape index (κ2) is 14.1. The summed E-state index contributed by atoms with van der Waals surface area (Å²) in [6, 6.07) is 1.41. The molecule has 1 rings (SSSR count). The van der Waals surface area contributed by atoms with Crippen molar-refractivity contribution < 1.29 is 0 Å². The molecule has 0 radical (unpaired) electrons. The highest BCUT2D eigenvalue weighted by atomic mass is 16.2. The van der Waals surface area contributed by atoms with Crippen molar-refractivity contribution in [3.05, 3.63) is 33.1 Å². The number of aromatic amines is 1. The number of rotatable bonds is 15. The van der Waals surface area contributed by atoms with Crippen LogP contribution in [0.2, 0.25) is 0 Å². The van der Waals surface area contributed by atoms with Gasteiger partial charge in [0, 0.05) is 18.8 Å². The van der Waals surface area contributed by atoms with Gasteiger partial charge in [0.15, 0.2) is 0 Å². The normalized spacial score (nSPS) is 11.0. The van der Waals surface area contributed by atoms with Crippen LogP contribution in [0.25, 0.3) is 0 Å². The van der Waals surface area contributed by atoms with Gasteiger partial charge in [-0.3, -0.25) is 9.78 Å². The first-order chi connectivity index (χ1) is 11.7. The number of H-pyrrole nitrogens is 1. The summed E-state index contributed by atoms with van der Waals surface area (Å²) in [4.78, 5) is 24.8. The van der Waals surface area contributed by atoms with Crippen molar-refractivity contribution in [3.63, 3.8) is 0 Å². The third kappa shape index (κ3) is 10.5. The summed E-state index contributed by atoms with van der Waals surface area (Å²) in [6.45, 7) is 2.97. The molecule has 1 heterocycles. The highest BCUT2D eigenvalue weighted by Crippen LogP contribution is 2.12. The van der Waals surface area contributed by atoms with Gasteiger partial charge < -0.3 is 4.57 Å². The third-order valence-electron chi connectivity index (χ3n) is 4.65. The number of aryl methyl sites for hydroxylation is 1. The second-order valence-electron chi connectivity index (χ2n) is 6.90. The number of hydrogen-bond donors (Lipinski definition) is 1. The molecule has 0 saturated carbocycles. The summed E-state index contributed by atoms with van der Waals surface area (Å²) in [6.07, 6.45) is 20.2. The molecule has 24 heavy (non-hydrogen) atoms. The van der Waals surface area contributed by atoms with Gasteiger partial charge in [0.25, 0.3) is 5.56 Å². The summed E-state index contributed by atoms with van der Waals surface area (Å²) in [5.74, 6) is 0. The molecule has 0 aliphatic heterocycles. The Labute approximate surface area is 146 Å². The number of unbranched alkanes of at least 4 members (excludes halogenated alkanes) is 13. The van der Waals surface area contributed by atoms with Gasteiger partial charge in [-0.1, -0.05) is 90.4 Å². The monoisotopic (exact) mass is 336 g/mol. The van der Waals surface area contributed by atoms with Crippen LogP contribution in [-0.4, -0.2) is 9.55 Å². The maximum atomic E-state index is 11.5. The summed E-state index contributed by atoms with van der Waals surface area (Å²) in [5, 5.41) is 0. The van der Waals surface area contributed by atoms with Crippen LogP contribution in [0.5, 0.6) is 0 Å². The fourth-order valence-electron chi connectivity index (χ4n) is 3.10. The van der Waals surface area contributed by atoms with E-state index in [2.05, 4.69) is 11.9 Å². The van der Waals surface area contributed by atoms with Crippen molar-refractivity contribution in [2.24, 2.45) is 0 Å². The van der Waals surface area contributed by atoms with E-state index in [0.29, 0.717) is 6.54 Å². The molecule has 4 heteroatoms. The Hall–Kier alpha value is -1.32. The quantitative estimate of drug-likeness (QED) is 0.457. The van der Waals surface area contributed by atoms with Gasteiger partial charge in [-0.25, -0.2) is 4.79 Å². The molecule has 0 bridgehead atoms. The third-order valence-corrected chi connectivity index (χ3v) is 4.65. The van der Waals surface area contributed by atoms with Crippen molar-refractivity contribution in [3.8, 4) is 0 Å². The minimum atomic E-state index is -0.322. The van der Waals surface area contributed by atoms with Crippen molar-refractivity contribution in [1.29, 1.82) is 0 Å². The summed E-state index contributed by atoms with van der Waals surface area (Å²) >= 11 is 0. The Morgan fingerprint density at radius 1 is 0.750 bits per heavy atom. The first kappa shape index (κ1) is 20.7. The van der Waals surface area contributed by atoms with Gasteiger partial charge in [0.2, 0.25) is 0 Å². The van der Waals surface area contributed by atoms with Crippen LogP contribution in [0, 0.1) is 0 Å². The van der Waals surface area contributed by atoms with Crippen LogP contribution in [-0.2, 0) is 6.54 Å². The molecule has 0 fully saturated rings. The van der Waals surface area contributed by atoms with Gasteiger partial charge >= 0.3 is 5.69 Å². The van der Waals surface area contributed by atoms with E-state index in [0.717, 1.165) is 12.8 Å². The maximum Gasteiger partial charge on any atom is 0.328 e. The highest BCUT2D eigenvalue weighted by molar-refractivity contribution is 4.82. The minimum absolute atomic E-state index is 0.294. The predicted octanol–water partition coefficient (Wildman–Crippen LogP) is 5.02. The zero-order valence-corrected chi connectivity index (χ0v) is 15.5. The number of hydrogen-bond acceptors (Lipinski definition) is 2. The van der Waals surface area contributed by atoms with Crippen molar-refractivity contribution >= 4 is 0 Å². The molecule has 0 atom stereocenters. The minimum Gasteiger partial charge on any atom is -0.301 e. The molecular weight excluding hydrogens is 300 g/mol. The predicted molar refractivity (Wildman–Crippen MR) is 102 cm³/mol. The average Bonchev–Trinajstić information content (AvgIpc) is 2.57. The Bertz CT molecular complexity index is 519. The molecule has 0 saturated heterocycles. The zero-order chi connectivity index (χ0) is 17.5. The number of nitrogens with zero attached hydrogens (tertiary/aromatic N) is 1. The molecule has 138 valence electrons. The standard InChI is InChI=1S/C20H36N2O2/c1-2-3-4-5-6-7-8-9-10-11-12-13-14-15-17-22-18-16-19(23)21-20(22)24/h16,18H,2-15,17H2,1H3,(H,21,23,24). The van der Waals surface area contributed by atoms with Crippen LogP contribution in [0.15, 0.2) is 21.9 Å². The Balaban J connectivity index is 1.85. The van der Waals surface area contributed by atoms with Gasteiger partial charge in [-0.2, -0.15) is 0 Å². The molecule has 1 aromatic heterocycles. The summed E-state index contributed by atoms with van der Waals surface area (Å²) in [7, 11) is 0. The Morgan fingerprint density at radius 3 is 1.67 bits per heavy atom. The Morgan fingerprint density at radius 2 is 1.21 bits per heavy atom. The van der Waals surface area contributed by atoms with Crippen LogP contribution in [0.1, 0.15) is 96.8 Å². The second-order valence-corrected chi connectivity index (χ2v) is 6.90. The fraction of sp³-hybridized carbons (Fsp3) is 0.800. The van der Waals surface area contributed by atoms with Crippen molar-refractivity contribution in [2.75, 3.05) is 0 Å². The van der Waals surface area contributed by atoms with E-state index in [1.165, 1.54) is 83.1 Å². The van der Waals surface area contributed by atoms with E-state index in [1.807, 2.05) is 0 Å². The summed E-state index contributed by atoms with van der Waals surface area (Å²) in [5.41, 5.74) is -0.616. The zero-order valence-electron chi connectivity index (χ0n) is 15.5. The lowest BCUT2D eigenvalue weighted by Gasteiger charge is -2.05. The first-order valence-corrected chi connectivity index (χ1v) is 10.0.